The van der Waals surface area contributed by atoms with Crippen molar-refractivity contribution in [2.75, 3.05) is 186 Å². The number of fused-ring (bicyclic) bond motifs is 3. The second-order valence-electron chi connectivity index (χ2n) is 36.8. The number of halogens is 3. The Morgan fingerprint density at radius 3 is 1.92 bits per heavy atom. The van der Waals surface area contributed by atoms with Gasteiger partial charge < -0.3 is 88.4 Å². The number of anilines is 6. The number of urea groups is 1. The molecule has 0 unspecified atom stereocenters. The number of carbonyl (C=O) groups excluding carboxylic acids is 3. The topological polar surface area (TPSA) is 333 Å². The third kappa shape index (κ3) is 29.6. The van der Waals surface area contributed by atoms with Gasteiger partial charge in [-0.3, -0.25) is 24.9 Å². The van der Waals surface area contributed by atoms with Crippen LogP contribution < -0.4 is 83.9 Å². The number of likely N-dealkylation sites (tertiary alicyclic amines) is 1. The minimum atomic E-state index is -0.412. The number of amides is 4. The van der Waals surface area contributed by atoms with Crippen molar-refractivity contribution in [2.45, 2.75) is 144 Å². The number of aryl methyl sites for hydroxylation is 2. The molecule has 3 aliphatic heterocycles. The summed E-state index contributed by atoms with van der Waals surface area (Å²) in [6.07, 6.45) is 15.0. The number of aromatic amines is 1. The standard InChI is InChI=1S/C28H33Cl2N5O3.C28H41N7O3.C26H28FN3O3.C26H33N5O3/c1-5-34-10-12-35(13-11-34)21-8-6-19(7-9-21)14-20-15-25(32-18-31-20)33(2)26(36)16-22-27(29)23(37-3)17-24(38-4)28(22)30;1-8-35(9-2)13-11-10-12-29-26-30-18-20-16-23(19-14-21(37-6)17-22(15-19)38-7)25(31-24(20)32-26)33-27(36)34-28(3,4)5;1-17-12-18-6-7-22(25(27)19(18)13-17)33-26-20-14-23(31-2)24(15-21(20)28-16-29-26)32-11-5-10-30-8-3-4-9-30;1-17-15-31(16-18(2)27-17)22-9-6-20(7-10-22)26(32)28-25-13-21(29-30-25)8-5-19-11-23(33-3)14-24(12-19)34-4/h6-9,15,17-18H,5,10-14,16H2,1-4H3;14-18H,8-13H2,1-7H3,(H3,29,30,31,32,33,34,36);6-7,13-16H,3-5,8-12H2,1-2H3;6-7,9-14,17-18,27H,5,8,15-16H2,1-4H3,(H2,28,29,30,32)/t;;;17-,18+. The molecule has 0 radical (unpaired) electrons. The van der Waals surface area contributed by atoms with Gasteiger partial charge in [-0.05, 0) is 233 Å². The van der Waals surface area contributed by atoms with Crippen LogP contribution in [0.1, 0.15) is 144 Å². The summed E-state index contributed by atoms with van der Waals surface area (Å²) in [7, 11) is 12.7. The Bertz CT molecular complexity index is 6230. The largest absolute Gasteiger partial charge is 0.497 e. The number of methoxy groups -OCH3 is 7. The fourth-order valence-electron chi connectivity index (χ4n) is 17.5. The van der Waals surface area contributed by atoms with E-state index >= 15 is 4.39 Å². The van der Waals surface area contributed by atoms with Crippen molar-refractivity contribution in [1.82, 2.24) is 70.4 Å². The normalized spacial score (nSPS) is 14.6. The lowest BCUT2D eigenvalue weighted by Gasteiger charge is -2.37. The number of H-pyrrole nitrogens is 1. The zero-order valence-corrected chi connectivity index (χ0v) is 86.6. The minimum absolute atomic E-state index is 0.0466. The number of allylic oxidation sites excluding steroid dienone is 1. The van der Waals surface area contributed by atoms with Gasteiger partial charge in [-0.2, -0.15) is 10.1 Å². The van der Waals surface area contributed by atoms with Crippen LogP contribution in [0.3, 0.4) is 0 Å². The Kier molecular flexibility index (Phi) is 38.5. The summed E-state index contributed by atoms with van der Waals surface area (Å²) in [5.41, 5.74) is 12.3. The number of ether oxygens (including phenoxy) is 9. The quantitative estimate of drug-likeness (QED) is 0.0197. The summed E-state index contributed by atoms with van der Waals surface area (Å²) in [5.74, 6) is 6.26. The van der Waals surface area contributed by atoms with Crippen molar-refractivity contribution in [1.29, 1.82) is 0 Å². The fourth-order valence-corrected chi connectivity index (χ4v) is 18.1. The summed E-state index contributed by atoms with van der Waals surface area (Å²) in [5, 5.41) is 24.7. The molecule has 6 N–H and O–H groups in total. The molecule has 1 aliphatic carbocycles. The highest BCUT2D eigenvalue weighted by Gasteiger charge is 2.28. The summed E-state index contributed by atoms with van der Waals surface area (Å²) in [6, 6.07) is 42.6. The van der Waals surface area contributed by atoms with Crippen molar-refractivity contribution in [3.8, 4) is 68.8 Å². The van der Waals surface area contributed by atoms with Crippen molar-refractivity contribution in [3.05, 3.63) is 219 Å². The zero-order valence-electron chi connectivity index (χ0n) is 85.1. The van der Waals surface area contributed by atoms with Gasteiger partial charge in [0.2, 0.25) is 17.7 Å². The monoisotopic (exact) mass is 1990 g/mol. The Labute approximate surface area is 847 Å². The van der Waals surface area contributed by atoms with Crippen molar-refractivity contribution >= 4 is 104 Å². The molecule has 4 aliphatic rings. The maximum Gasteiger partial charge on any atom is 0.320 e. The van der Waals surface area contributed by atoms with E-state index in [2.05, 4.69) is 150 Å². The lowest BCUT2D eigenvalue weighted by Crippen LogP contribution is -2.54. The van der Waals surface area contributed by atoms with Crippen molar-refractivity contribution < 1.29 is 61.4 Å². The average molecular weight is 2000 g/mol. The van der Waals surface area contributed by atoms with Gasteiger partial charge in [0.15, 0.2) is 34.5 Å². The SMILES string of the molecule is CCN(CC)CCCCNc1ncc2cc(-c3cc(OC)cc(OC)c3)c(NC(=O)NC(C)(C)C)nc2n1.CCN1CCN(c2ccc(Cc3cc(N(C)C(=O)Cc4c(Cl)c(OC)cc(OC)c4Cl)ncn3)cc2)CC1.COc1cc(CCc2cc(NC(=O)c3ccc(N4C[C@@H](C)N[C@@H](C)C4)cc3)n[nH]2)cc(OC)c1.COc1cc2c(Oc3ccc4c(c3F)C=C(C)C4)ncnc2cc1OCCCN1CCCC1. The first-order chi connectivity index (χ1) is 69.0. The van der Waals surface area contributed by atoms with Crippen LogP contribution in [-0.4, -0.2) is 250 Å². The second-order valence-corrected chi connectivity index (χ2v) is 37.5. The Hall–Kier alpha value is -13.4. The Morgan fingerprint density at radius 2 is 1.27 bits per heavy atom. The molecule has 35 heteroatoms. The zero-order chi connectivity index (χ0) is 102. The smallest absolute Gasteiger partial charge is 0.320 e. The molecule has 0 spiro atoms. The number of pyridine rings is 1. The first-order valence-electron chi connectivity index (χ1n) is 48.8. The van der Waals surface area contributed by atoms with Gasteiger partial charge in [-0.15, -0.1) is 0 Å². The molecule has 8 heterocycles. The number of likely N-dealkylation sites (N-methyl/N-ethyl adjacent to an activating group) is 2. The molecule has 7 aromatic carbocycles. The minimum Gasteiger partial charge on any atom is -0.497 e. The van der Waals surface area contributed by atoms with Crippen LogP contribution in [0, 0.1) is 5.82 Å². The van der Waals surface area contributed by atoms with Crippen LogP contribution in [0.4, 0.5) is 44.0 Å². The third-order valence-electron chi connectivity index (χ3n) is 25.2. The van der Waals surface area contributed by atoms with Gasteiger partial charge in [0.25, 0.3) is 5.91 Å². The lowest BCUT2D eigenvalue weighted by molar-refractivity contribution is -0.117. The maximum absolute atomic E-state index is 15.1. The van der Waals surface area contributed by atoms with Crippen LogP contribution in [0.25, 0.3) is 39.1 Å². The number of benzene rings is 7. The summed E-state index contributed by atoms with van der Waals surface area (Å²) in [4.78, 5) is 83.5. The molecule has 32 nitrogen and oxygen atoms in total. The molecule has 4 amide bonds. The van der Waals surface area contributed by atoms with Gasteiger partial charge >= 0.3 is 6.03 Å². The van der Waals surface area contributed by atoms with Crippen LogP contribution in [-0.2, 0) is 36.9 Å². The van der Waals surface area contributed by atoms with Crippen LogP contribution in [0.15, 0.2) is 158 Å². The fraction of sp³-hybridized carbons (Fsp3) is 0.417. The number of piperazine rings is 2. The van der Waals surface area contributed by atoms with E-state index in [1.807, 2.05) is 119 Å². The molecule has 143 heavy (non-hydrogen) atoms. The average Bonchev–Trinajstić information content (AvgIpc) is 1.77. The summed E-state index contributed by atoms with van der Waals surface area (Å²) in [6.45, 7) is 34.0. The van der Waals surface area contributed by atoms with E-state index in [9.17, 15) is 14.4 Å². The molecule has 0 bridgehead atoms. The molecule has 5 aromatic heterocycles. The van der Waals surface area contributed by atoms with E-state index in [0.29, 0.717) is 122 Å². The Balaban J connectivity index is 0.000000160. The molecule has 16 rings (SSSR count). The van der Waals surface area contributed by atoms with Gasteiger partial charge in [-0.25, -0.2) is 39.1 Å². The van der Waals surface area contributed by atoms with E-state index in [4.69, 9.17) is 70.8 Å². The molecule has 3 fully saturated rings. The number of nitrogens with one attached hydrogen (secondary N) is 6. The highest BCUT2D eigenvalue weighted by molar-refractivity contribution is 6.38. The number of unbranched alkanes of at least 4 members (excludes halogenated alkanes) is 1. The number of hydrogen-bond donors (Lipinski definition) is 6. The number of carbonyl (C=O) groups is 3. The van der Waals surface area contributed by atoms with E-state index in [1.54, 1.807) is 73.1 Å². The third-order valence-corrected chi connectivity index (χ3v) is 26.1. The number of nitrogens with zero attached hydrogens (tertiary/aromatic N) is 14. The van der Waals surface area contributed by atoms with Gasteiger partial charge in [0.05, 0.1) is 89.4 Å². The number of hydrogen-bond acceptors (Lipinski definition) is 27. The molecular formula is C108H135Cl2FN20O12. The van der Waals surface area contributed by atoms with Gasteiger partial charge in [0, 0.05) is 171 Å². The van der Waals surface area contributed by atoms with Crippen LogP contribution >= 0.6 is 23.2 Å². The first-order valence-corrected chi connectivity index (χ1v) is 49.5. The van der Waals surface area contributed by atoms with E-state index in [0.717, 1.165) is 179 Å². The summed E-state index contributed by atoms with van der Waals surface area (Å²) < 4.78 is 64.8. The molecular weight excluding hydrogens is 1860 g/mol. The van der Waals surface area contributed by atoms with E-state index in [-0.39, 0.29) is 51.8 Å². The predicted octanol–water partition coefficient (Wildman–Crippen LogP) is 18.9. The van der Waals surface area contributed by atoms with Crippen LogP contribution in [0.5, 0.6) is 57.6 Å². The van der Waals surface area contributed by atoms with Crippen molar-refractivity contribution in [3.63, 3.8) is 0 Å². The lowest BCUT2D eigenvalue weighted by atomic mass is 10.0. The van der Waals surface area contributed by atoms with Crippen molar-refractivity contribution in [2.24, 2.45) is 0 Å². The maximum atomic E-state index is 15.1. The van der Waals surface area contributed by atoms with Crippen LogP contribution in [0.2, 0.25) is 10.0 Å². The van der Waals surface area contributed by atoms with Gasteiger partial charge in [0.1, 0.15) is 58.8 Å². The molecule has 2 atom stereocenters. The van der Waals surface area contributed by atoms with E-state index < -0.39 is 5.54 Å². The predicted molar refractivity (Wildman–Crippen MR) is 565 cm³/mol. The van der Waals surface area contributed by atoms with Gasteiger partial charge in [-0.1, -0.05) is 73.8 Å². The number of rotatable bonds is 37. The first kappa shape index (κ1) is 107. The highest BCUT2D eigenvalue weighted by atomic mass is 35.5. The molecule has 760 valence electrons. The summed E-state index contributed by atoms with van der Waals surface area (Å²) >= 11 is 12.9. The molecule has 0 saturated carbocycles. The second kappa shape index (κ2) is 51.5. The van der Waals surface area contributed by atoms with E-state index in [1.165, 1.54) is 63.4 Å². The molecule has 12 aromatic rings. The highest BCUT2D eigenvalue weighted by Crippen LogP contribution is 2.43. The number of aromatic nitrogens is 9. The Morgan fingerprint density at radius 1 is 0.622 bits per heavy atom. The molecule has 3 saturated heterocycles.